The summed E-state index contributed by atoms with van der Waals surface area (Å²) in [6, 6.07) is 8.69. The molecule has 2 aromatic heterocycles. The molecular weight excluding hydrogens is 303 g/mol. The number of benzene rings is 1. The van der Waals surface area contributed by atoms with Crippen molar-refractivity contribution in [2.75, 3.05) is 13.1 Å². The molecule has 1 saturated heterocycles. The van der Waals surface area contributed by atoms with Crippen LogP contribution in [0.1, 0.15) is 18.4 Å². The van der Waals surface area contributed by atoms with Gasteiger partial charge in [-0.25, -0.2) is 14.4 Å². The van der Waals surface area contributed by atoms with Crippen LogP contribution in [0, 0.1) is 18.7 Å². The Morgan fingerprint density at radius 3 is 3.04 bits per heavy atom. The third kappa shape index (κ3) is 2.91. The Balaban J connectivity index is 1.83. The Morgan fingerprint density at radius 2 is 2.25 bits per heavy atom. The average molecular weight is 324 g/mol. The second-order valence-corrected chi connectivity index (χ2v) is 6.62. The molecule has 4 nitrogen and oxygen atoms in total. The van der Waals surface area contributed by atoms with Gasteiger partial charge < -0.3 is 9.88 Å². The highest BCUT2D eigenvalue weighted by Crippen LogP contribution is 2.27. The summed E-state index contributed by atoms with van der Waals surface area (Å²) >= 11 is 0. The normalized spacial score (nSPS) is 18.2. The molecule has 124 valence electrons. The van der Waals surface area contributed by atoms with Gasteiger partial charge in [0.1, 0.15) is 17.2 Å². The molecule has 0 saturated carbocycles. The molecule has 3 aromatic rings. The molecule has 1 unspecified atom stereocenters. The maximum atomic E-state index is 13.7. The first-order valence-corrected chi connectivity index (χ1v) is 8.50. The predicted molar refractivity (Wildman–Crippen MR) is 93.3 cm³/mol. The van der Waals surface area contributed by atoms with E-state index in [1.807, 2.05) is 25.3 Å². The van der Waals surface area contributed by atoms with E-state index in [-0.39, 0.29) is 5.82 Å². The SMILES string of the molecule is Cc1cnc2c(c1)nc(-c1cccc(F)c1)n2CC1CCCNC1. The van der Waals surface area contributed by atoms with Gasteiger partial charge in [-0.05, 0) is 62.5 Å². The maximum Gasteiger partial charge on any atom is 0.160 e. The van der Waals surface area contributed by atoms with Gasteiger partial charge in [0.05, 0.1) is 0 Å². The highest BCUT2D eigenvalue weighted by atomic mass is 19.1. The minimum Gasteiger partial charge on any atom is -0.316 e. The van der Waals surface area contributed by atoms with E-state index in [1.165, 1.54) is 18.9 Å². The van der Waals surface area contributed by atoms with Crippen LogP contribution in [0.4, 0.5) is 4.39 Å². The lowest BCUT2D eigenvalue weighted by Gasteiger charge is -2.24. The molecule has 1 aliphatic rings. The van der Waals surface area contributed by atoms with E-state index in [1.54, 1.807) is 12.1 Å². The van der Waals surface area contributed by atoms with Crippen molar-refractivity contribution in [2.45, 2.75) is 26.3 Å². The zero-order chi connectivity index (χ0) is 16.5. The van der Waals surface area contributed by atoms with Gasteiger partial charge in [-0.1, -0.05) is 12.1 Å². The van der Waals surface area contributed by atoms with E-state index in [2.05, 4.69) is 14.9 Å². The summed E-state index contributed by atoms with van der Waals surface area (Å²) in [4.78, 5) is 9.36. The smallest absolute Gasteiger partial charge is 0.160 e. The molecule has 0 bridgehead atoms. The molecule has 1 aromatic carbocycles. The molecule has 4 rings (SSSR count). The molecule has 24 heavy (non-hydrogen) atoms. The summed E-state index contributed by atoms with van der Waals surface area (Å²) in [5, 5.41) is 3.46. The molecule has 0 radical (unpaired) electrons. The second kappa shape index (κ2) is 6.32. The number of rotatable bonds is 3. The van der Waals surface area contributed by atoms with Crippen molar-refractivity contribution < 1.29 is 4.39 Å². The highest BCUT2D eigenvalue weighted by molar-refractivity contribution is 5.77. The minimum absolute atomic E-state index is 0.241. The summed E-state index contributed by atoms with van der Waals surface area (Å²) < 4.78 is 15.9. The Kier molecular flexibility index (Phi) is 4.02. The van der Waals surface area contributed by atoms with E-state index in [9.17, 15) is 4.39 Å². The summed E-state index contributed by atoms with van der Waals surface area (Å²) in [7, 11) is 0. The number of hydrogen-bond acceptors (Lipinski definition) is 3. The number of piperidine rings is 1. The molecule has 0 amide bonds. The molecule has 1 aliphatic heterocycles. The molecule has 1 atom stereocenters. The van der Waals surface area contributed by atoms with Gasteiger partial charge in [0.2, 0.25) is 0 Å². The number of hydrogen-bond donors (Lipinski definition) is 1. The van der Waals surface area contributed by atoms with Crippen LogP contribution < -0.4 is 5.32 Å². The van der Waals surface area contributed by atoms with Crippen LogP contribution in [0.5, 0.6) is 0 Å². The Morgan fingerprint density at radius 1 is 1.33 bits per heavy atom. The zero-order valence-corrected chi connectivity index (χ0v) is 13.8. The first-order valence-electron chi connectivity index (χ1n) is 8.50. The van der Waals surface area contributed by atoms with Crippen LogP contribution >= 0.6 is 0 Å². The largest absolute Gasteiger partial charge is 0.316 e. The third-order valence-electron chi connectivity index (χ3n) is 4.64. The van der Waals surface area contributed by atoms with Crippen molar-refractivity contribution in [2.24, 2.45) is 5.92 Å². The van der Waals surface area contributed by atoms with E-state index >= 15 is 0 Å². The number of pyridine rings is 1. The summed E-state index contributed by atoms with van der Waals surface area (Å²) in [6.07, 6.45) is 4.26. The number of nitrogens with zero attached hydrogens (tertiary/aromatic N) is 3. The van der Waals surface area contributed by atoms with Gasteiger partial charge >= 0.3 is 0 Å². The van der Waals surface area contributed by atoms with Crippen molar-refractivity contribution in [3.05, 3.63) is 47.9 Å². The van der Waals surface area contributed by atoms with Gasteiger partial charge in [-0.15, -0.1) is 0 Å². The van der Waals surface area contributed by atoms with Crippen molar-refractivity contribution >= 4 is 11.2 Å². The number of imidazole rings is 1. The average Bonchev–Trinajstić information content (AvgIpc) is 2.93. The second-order valence-electron chi connectivity index (χ2n) is 6.62. The minimum atomic E-state index is -0.241. The van der Waals surface area contributed by atoms with Gasteiger partial charge in [0.25, 0.3) is 0 Å². The summed E-state index contributed by atoms with van der Waals surface area (Å²) in [6.45, 7) is 4.97. The van der Waals surface area contributed by atoms with Crippen LogP contribution in [-0.4, -0.2) is 27.6 Å². The molecule has 0 spiro atoms. The Bertz CT molecular complexity index is 865. The number of halogens is 1. The number of fused-ring (bicyclic) bond motifs is 1. The zero-order valence-electron chi connectivity index (χ0n) is 13.8. The fourth-order valence-corrected chi connectivity index (χ4v) is 3.47. The lowest BCUT2D eigenvalue weighted by molar-refractivity contribution is 0.341. The van der Waals surface area contributed by atoms with Crippen molar-refractivity contribution in [1.29, 1.82) is 0 Å². The van der Waals surface area contributed by atoms with E-state index < -0.39 is 0 Å². The topological polar surface area (TPSA) is 42.7 Å². The van der Waals surface area contributed by atoms with E-state index in [0.29, 0.717) is 5.92 Å². The highest BCUT2D eigenvalue weighted by Gasteiger charge is 2.19. The predicted octanol–water partition coefficient (Wildman–Crippen LogP) is 3.55. The lowest BCUT2D eigenvalue weighted by Crippen LogP contribution is -2.32. The van der Waals surface area contributed by atoms with Crippen LogP contribution in [-0.2, 0) is 6.54 Å². The molecule has 0 aliphatic carbocycles. The van der Waals surface area contributed by atoms with Crippen LogP contribution in [0.25, 0.3) is 22.6 Å². The van der Waals surface area contributed by atoms with Gasteiger partial charge in [-0.2, -0.15) is 0 Å². The molecule has 5 heteroatoms. The first kappa shape index (κ1) is 15.3. The van der Waals surface area contributed by atoms with Crippen LogP contribution in [0.3, 0.4) is 0 Å². The monoisotopic (exact) mass is 324 g/mol. The molecule has 1 fully saturated rings. The summed E-state index contributed by atoms with van der Waals surface area (Å²) in [5.41, 5.74) is 3.63. The number of aryl methyl sites for hydroxylation is 1. The van der Waals surface area contributed by atoms with E-state index in [0.717, 1.165) is 47.7 Å². The number of aromatic nitrogens is 3. The molecular formula is C19H21FN4. The fourth-order valence-electron chi connectivity index (χ4n) is 3.47. The fraction of sp³-hybridized carbons (Fsp3) is 0.368. The van der Waals surface area contributed by atoms with Gasteiger partial charge in [0.15, 0.2) is 5.65 Å². The van der Waals surface area contributed by atoms with Gasteiger partial charge in [0, 0.05) is 18.3 Å². The van der Waals surface area contributed by atoms with Crippen LogP contribution in [0.2, 0.25) is 0 Å². The molecule has 1 N–H and O–H groups in total. The summed E-state index contributed by atoms with van der Waals surface area (Å²) in [5.74, 6) is 1.11. The quantitative estimate of drug-likeness (QED) is 0.801. The van der Waals surface area contributed by atoms with Crippen molar-refractivity contribution in [1.82, 2.24) is 19.9 Å². The van der Waals surface area contributed by atoms with Crippen molar-refractivity contribution in [3.63, 3.8) is 0 Å². The third-order valence-corrected chi connectivity index (χ3v) is 4.64. The molecule has 3 heterocycles. The standard InChI is InChI=1S/C19H21FN4/c1-13-8-17-19(22-10-13)24(12-14-4-3-7-21-11-14)18(23-17)15-5-2-6-16(20)9-15/h2,5-6,8-10,14,21H,3-4,7,11-12H2,1H3. The lowest BCUT2D eigenvalue weighted by atomic mass is 9.99. The van der Waals surface area contributed by atoms with Crippen LogP contribution in [0.15, 0.2) is 36.5 Å². The van der Waals surface area contributed by atoms with Crippen molar-refractivity contribution in [3.8, 4) is 11.4 Å². The van der Waals surface area contributed by atoms with E-state index in [4.69, 9.17) is 4.98 Å². The van der Waals surface area contributed by atoms with Gasteiger partial charge in [-0.3, -0.25) is 0 Å². The Labute approximate surface area is 140 Å². The number of nitrogens with one attached hydrogen (secondary N) is 1. The Hall–Kier alpha value is -2.27. The first-order chi connectivity index (χ1) is 11.7. The maximum absolute atomic E-state index is 13.7.